The number of piperazine rings is 1. The van der Waals surface area contributed by atoms with Crippen LogP contribution >= 0.6 is 0 Å². The molecule has 2 aliphatic rings. The summed E-state index contributed by atoms with van der Waals surface area (Å²) < 4.78 is 37.3. The molecule has 1 amide bonds. The van der Waals surface area contributed by atoms with E-state index >= 15 is 0 Å². The number of carbonyl (C=O) groups is 1. The summed E-state index contributed by atoms with van der Waals surface area (Å²) in [7, 11) is -1.93. The SMILES string of the molecule is COCc1cccc(C(=O)N2CCN(c3ccc(S(=O)(=O)N4CCOCC4)cn3)CC2)c1. The number of morpholine rings is 1. The van der Waals surface area contributed by atoms with Crippen molar-refractivity contribution in [3.8, 4) is 0 Å². The third kappa shape index (κ3) is 4.93. The Labute approximate surface area is 188 Å². The summed E-state index contributed by atoms with van der Waals surface area (Å²) in [4.78, 5) is 21.4. The van der Waals surface area contributed by atoms with E-state index in [4.69, 9.17) is 9.47 Å². The van der Waals surface area contributed by atoms with Crippen molar-refractivity contribution in [1.82, 2.24) is 14.2 Å². The maximum absolute atomic E-state index is 12.9. The van der Waals surface area contributed by atoms with Crippen LogP contribution in [0.15, 0.2) is 47.5 Å². The number of anilines is 1. The molecule has 10 heteroatoms. The van der Waals surface area contributed by atoms with Gasteiger partial charge in [0.05, 0.1) is 19.8 Å². The van der Waals surface area contributed by atoms with Crippen molar-refractivity contribution in [2.45, 2.75) is 11.5 Å². The molecule has 172 valence electrons. The summed E-state index contributed by atoms with van der Waals surface area (Å²) in [6, 6.07) is 10.8. The van der Waals surface area contributed by atoms with Crippen LogP contribution in [0.25, 0.3) is 0 Å². The van der Waals surface area contributed by atoms with Gasteiger partial charge in [-0.05, 0) is 29.8 Å². The maximum Gasteiger partial charge on any atom is 0.253 e. The molecule has 0 aliphatic carbocycles. The Balaban J connectivity index is 1.37. The monoisotopic (exact) mass is 460 g/mol. The van der Waals surface area contributed by atoms with Crippen molar-refractivity contribution >= 4 is 21.7 Å². The molecule has 2 saturated heterocycles. The van der Waals surface area contributed by atoms with Gasteiger partial charge in [-0.2, -0.15) is 4.31 Å². The van der Waals surface area contributed by atoms with Gasteiger partial charge in [0, 0.05) is 58.1 Å². The van der Waals surface area contributed by atoms with E-state index in [1.54, 1.807) is 19.2 Å². The third-order valence-corrected chi connectivity index (χ3v) is 7.59. The van der Waals surface area contributed by atoms with Gasteiger partial charge in [0.15, 0.2) is 0 Å². The van der Waals surface area contributed by atoms with Gasteiger partial charge in [0.25, 0.3) is 5.91 Å². The first-order chi connectivity index (χ1) is 15.5. The minimum Gasteiger partial charge on any atom is -0.380 e. The Kier molecular flexibility index (Phi) is 7.04. The molecule has 3 heterocycles. The van der Waals surface area contributed by atoms with Crippen LogP contribution in [0, 0.1) is 0 Å². The van der Waals surface area contributed by atoms with Crippen LogP contribution in [0.3, 0.4) is 0 Å². The molecule has 0 saturated carbocycles. The molecule has 2 aromatic rings. The number of hydrogen-bond donors (Lipinski definition) is 0. The third-order valence-electron chi connectivity index (χ3n) is 5.70. The van der Waals surface area contributed by atoms with Gasteiger partial charge < -0.3 is 19.3 Å². The fraction of sp³-hybridized carbons (Fsp3) is 0.455. The largest absolute Gasteiger partial charge is 0.380 e. The molecule has 0 unspecified atom stereocenters. The summed E-state index contributed by atoms with van der Waals surface area (Å²) in [5, 5.41) is 0. The normalized spacial score (nSPS) is 18.0. The second kappa shape index (κ2) is 9.95. The number of carbonyl (C=O) groups excluding carboxylic acids is 1. The zero-order chi connectivity index (χ0) is 22.6. The van der Waals surface area contributed by atoms with Gasteiger partial charge >= 0.3 is 0 Å². The highest BCUT2D eigenvalue weighted by atomic mass is 32.2. The van der Waals surface area contributed by atoms with Crippen LogP contribution < -0.4 is 4.90 Å². The molecule has 0 bridgehead atoms. The summed E-state index contributed by atoms with van der Waals surface area (Å²) in [5.41, 5.74) is 1.62. The van der Waals surface area contributed by atoms with Crippen LogP contribution in [-0.2, 0) is 26.1 Å². The first-order valence-electron chi connectivity index (χ1n) is 10.6. The van der Waals surface area contributed by atoms with Crippen molar-refractivity contribution in [1.29, 1.82) is 0 Å². The molecule has 2 aliphatic heterocycles. The van der Waals surface area contributed by atoms with E-state index in [1.807, 2.05) is 29.2 Å². The fourth-order valence-corrected chi connectivity index (χ4v) is 5.28. The molecule has 0 atom stereocenters. The zero-order valence-electron chi connectivity index (χ0n) is 18.1. The number of pyridine rings is 1. The smallest absolute Gasteiger partial charge is 0.253 e. The Morgan fingerprint density at radius 3 is 2.47 bits per heavy atom. The number of hydrogen-bond acceptors (Lipinski definition) is 7. The molecular weight excluding hydrogens is 432 g/mol. The number of methoxy groups -OCH3 is 1. The summed E-state index contributed by atoms with van der Waals surface area (Å²) in [5.74, 6) is 0.711. The van der Waals surface area contributed by atoms with Crippen LogP contribution in [0.5, 0.6) is 0 Å². The van der Waals surface area contributed by atoms with E-state index in [-0.39, 0.29) is 10.8 Å². The standard InChI is InChI=1S/C22H28N4O5S/c1-30-17-18-3-2-4-19(15-18)22(27)25-9-7-24(8-10-25)21-6-5-20(16-23-21)32(28,29)26-11-13-31-14-12-26/h2-6,15-16H,7-14,17H2,1H3. The first kappa shape index (κ1) is 22.7. The quantitative estimate of drug-likeness (QED) is 0.640. The lowest BCUT2D eigenvalue weighted by atomic mass is 10.1. The van der Waals surface area contributed by atoms with Crippen LogP contribution in [0.1, 0.15) is 15.9 Å². The van der Waals surface area contributed by atoms with E-state index in [0.717, 1.165) is 5.56 Å². The molecule has 1 aromatic heterocycles. The highest BCUT2D eigenvalue weighted by Gasteiger charge is 2.27. The molecule has 1 aromatic carbocycles. The van der Waals surface area contributed by atoms with Crippen molar-refractivity contribution in [3.63, 3.8) is 0 Å². The van der Waals surface area contributed by atoms with Crippen molar-refractivity contribution < 1.29 is 22.7 Å². The fourth-order valence-electron chi connectivity index (χ4n) is 3.93. The van der Waals surface area contributed by atoms with E-state index in [9.17, 15) is 13.2 Å². The molecule has 0 radical (unpaired) electrons. The van der Waals surface area contributed by atoms with Gasteiger partial charge in [-0.25, -0.2) is 13.4 Å². The average Bonchev–Trinajstić information content (AvgIpc) is 2.85. The lowest BCUT2D eigenvalue weighted by molar-refractivity contribution is 0.0730. The molecule has 9 nitrogen and oxygen atoms in total. The van der Waals surface area contributed by atoms with E-state index < -0.39 is 10.0 Å². The van der Waals surface area contributed by atoms with Gasteiger partial charge in [-0.1, -0.05) is 12.1 Å². The number of ether oxygens (including phenoxy) is 2. The van der Waals surface area contributed by atoms with Gasteiger partial charge in [0.1, 0.15) is 10.7 Å². The van der Waals surface area contributed by atoms with Gasteiger partial charge in [-0.3, -0.25) is 4.79 Å². The van der Waals surface area contributed by atoms with Crippen LogP contribution in [0.2, 0.25) is 0 Å². The Hall–Kier alpha value is -2.53. The van der Waals surface area contributed by atoms with E-state index in [2.05, 4.69) is 9.88 Å². The number of rotatable bonds is 6. The Morgan fingerprint density at radius 1 is 1.06 bits per heavy atom. The van der Waals surface area contributed by atoms with E-state index in [1.165, 1.54) is 10.5 Å². The first-order valence-corrected chi connectivity index (χ1v) is 12.1. The van der Waals surface area contributed by atoms with Gasteiger partial charge in [0.2, 0.25) is 10.0 Å². The topological polar surface area (TPSA) is 92.3 Å². The predicted octanol–water partition coefficient (Wildman–Crippen LogP) is 1.21. The highest BCUT2D eigenvalue weighted by Crippen LogP contribution is 2.21. The van der Waals surface area contributed by atoms with Crippen LogP contribution in [-0.4, -0.2) is 88.1 Å². The number of benzene rings is 1. The predicted molar refractivity (Wildman–Crippen MR) is 119 cm³/mol. The minimum absolute atomic E-state index is 0.00233. The Bertz CT molecular complexity index is 1030. The number of aromatic nitrogens is 1. The summed E-state index contributed by atoms with van der Waals surface area (Å²) in [6.45, 7) is 4.40. The van der Waals surface area contributed by atoms with Crippen molar-refractivity contribution in [3.05, 3.63) is 53.7 Å². The molecule has 4 rings (SSSR count). The minimum atomic E-state index is -3.56. The Morgan fingerprint density at radius 2 is 1.81 bits per heavy atom. The zero-order valence-corrected chi connectivity index (χ0v) is 19.0. The summed E-state index contributed by atoms with van der Waals surface area (Å²) in [6.07, 6.45) is 1.42. The van der Waals surface area contributed by atoms with Gasteiger partial charge in [-0.15, -0.1) is 0 Å². The molecule has 2 fully saturated rings. The lowest BCUT2D eigenvalue weighted by Crippen LogP contribution is -2.49. The molecule has 0 N–H and O–H groups in total. The number of amides is 1. The molecular formula is C22H28N4O5S. The number of sulfonamides is 1. The number of nitrogens with zero attached hydrogens (tertiary/aromatic N) is 4. The van der Waals surface area contributed by atoms with Crippen molar-refractivity contribution in [2.24, 2.45) is 0 Å². The average molecular weight is 461 g/mol. The highest BCUT2D eigenvalue weighted by molar-refractivity contribution is 7.89. The van der Waals surface area contributed by atoms with Crippen molar-refractivity contribution in [2.75, 3.05) is 64.5 Å². The second-order valence-electron chi connectivity index (χ2n) is 7.78. The molecule has 32 heavy (non-hydrogen) atoms. The van der Waals surface area contributed by atoms with Crippen LogP contribution in [0.4, 0.5) is 5.82 Å². The lowest BCUT2D eigenvalue weighted by Gasteiger charge is -2.35. The van der Waals surface area contributed by atoms with E-state index in [0.29, 0.717) is 70.5 Å². The second-order valence-corrected chi connectivity index (χ2v) is 9.72. The maximum atomic E-state index is 12.9. The summed E-state index contributed by atoms with van der Waals surface area (Å²) >= 11 is 0. The molecule has 0 spiro atoms.